The largest absolute Gasteiger partial charge is 0.417 e. The number of hydrogen-bond donors (Lipinski definition) is 1. The van der Waals surface area contributed by atoms with Crippen molar-refractivity contribution in [3.05, 3.63) is 22.8 Å². The Bertz CT molecular complexity index is 626. The fourth-order valence-electron chi connectivity index (χ4n) is 4.64. The lowest BCUT2D eigenvalue weighted by Crippen LogP contribution is -2.45. The van der Waals surface area contributed by atoms with Gasteiger partial charge in [0.1, 0.15) is 0 Å². The van der Waals surface area contributed by atoms with Crippen LogP contribution in [0.15, 0.2) is 17.4 Å². The number of alkyl halides is 3. The van der Waals surface area contributed by atoms with Crippen LogP contribution in [0.25, 0.3) is 0 Å². The second-order valence-corrected chi connectivity index (χ2v) is 7.41. The number of pyridine rings is 1. The van der Waals surface area contributed by atoms with Crippen molar-refractivity contribution in [3.63, 3.8) is 0 Å². The Morgan fingerprint density at radius 3 is 2.22 bits per heavy atom. The van der Waals surface area contributed by atoms with Crippen LogP contribution in [0.1, 0.15) is 37.7 Å². The molecule has 5 rings (SSSR count). The van der Waals surface area contributed by atoms with Gasteiger partial charge in [-0.15, -0.1) is 0 Å². The molecule has 1 aromatic heterocycles. The van der Waals surface area contributed by atoms with E-state index in [-0.39, 0.29) is 10.8 Å². The van der Waals surface area contributed by atoms with Gasteiger partial charge < -0.3 is 0 Å². The van der Waals surface area contributed by atoms with Gasteiger partial charge in [0, 0.05) is 11.9 Å². The highest BCUT2D eigenvalue weighted by Crippen LogP contribution is 2.52. The molecule has 0 aromatic carbocycles. The molecule has 0 amide bonds. The number of aromatic nitrogens is 1. The Balaban J connectivity index is 1.53. The Morgan fingerprint density at radius 1 is 1.09 bits per heavy atom. The second kappa shape index (κ2) is 5.36. The zero-order valence-corrected chi connectivity index (χ0v) is 13.2. The minimum Gasteiger partial charge on any atom is -0.260 e. The molecule has 1 N–H and O–H groups in total. The first-order chi connectivity index (χ1) is 10.9. The third kappa shape index (κ3) is 2.82. The molecule has 0 unspecified atom stereocenters. The number of nitrogens with zero attached hydrogens (tertiary/aromatic N) is 2. The minimum absolute atomic E-state index is 0.0620. The lowest BCUT2D eigenvalue weighted by atomic mass is 9.55. The van der Waals surface area contributed by atoms with Crippen LogP contribution in [0.4, 0.5) is 19.0 Å². The van der Waals surface area contributed by atoms with Crippen molar-refractivity contribution in [2.75, 3.05) is 5.43 Å². The molecule has 4 bridgehead atoms. The average molecular weight is 344 g/mol. The summed E-state index contributed by atoms with van der Waals surface area (Å²) in [6.45, 7) is 0. The number of rotatable bonds is 2. The normalized spacial score (nSPS) is 32.3. The van der Waals surface area contributed by atoms with Crippen molar-refractivity contribution in [3.8, 4) is 0 Å². The van der Waals surface area contributed by atoms with Crippen molar-refractivity contribution in [1.29, 1.82) is 0 Å². The van der Waals surface area contributed by atoms with Crippen LogP contribution < -0.4 is 5.43 Å². The zero-order chi connectivity index (χ0) is 16.2. The third-order valence-electron chi connectivity index (χ3n) is 5.43. The highest BCUT2D eigenvalue weighted by atomic mass is 35.5. The van der Waals surface area contributed by atoms with E-state index in [1.54, 1.807) is 0 Å². The maximum Gasteiger partial charge on any atom is 0.417 e. The number of anilines is 1. The first-order valence-corrected chi connectivity index (χ1v) is 8.34. The molecule has 0 radical (unpaired) electrons. The summed E-state index contributed by atoms with van der Waals surface area (Å²) < 4.78 is 37.9. The van der Waals surface area contributed by atoms with Crippen LogP contribution >= 0.6 is 11.6 Å². The van der Waals surface area contributed by atoms with Crippen LogP contribution in [0.5, 0.6) is 0 Å². The average Bonchev–Trinajstić information content (AvgIpc) is 2.46. The van der Waals surface area contributed by atoms with Gasteiger partial charge in [-0.1, -0.05) is 11.6 Å². The molecule has 0 saturated heterocycles. The number of halogens is 4. The van der Waals surface area contributed by atoms with Crippen LogP contribution in [0, 0.1) is 23.7 Å². The molecule has 4 aliphatic rings. The van der Waals surface area contributed by atoms with Gasteiger partial charge in [-0.2, -0.15) is 18.3 Å². The van der Waals surface area contributed by atoms with Crippen molar-refractivity contribution < 1.29 is 13.2 Å². The van der Waals surface area contributed by atoms with Gasteiger partial charge in [0.05, 0.1) is 10.6 Å². The molecule has 0 atom stereocenters. The minimum atomic E-state index is -4.44. The first-order valence-electron chi connectivity index (χ1n) is 7.96. The lowest BCUT2D eigenvalue weighted by Gasteiger charge is -2.50. The van der Waals surface area contributed by atoms with E-state index in [0.29, 0.717) is 11.8 Å². The Hall–Kier alpha value is -1.30. The van der Waals surface area contributed by atoms with Gasteiger partial charge in [-0.05, 0) is 61.8 Å². The summed E-state index contributed by atoms with van der Waals surface area (Å²) in [5.41, 5.74) is 3.11. The molecular formula is C16H17ClF3N3. The molecular weight excluding hydrogens is 327 g/mol. The summed E-state index contributed by atoms with van der Waals surface area (Å²) in [6.07, 6.45) is 2.49. The highest BCUT2D eigenvalue weighted by Gasteiger charge is 2.46. The van der Waals surface area contributed by atoms with Gasteiger partial charge in [0.2, 0.25) is 0 Å². The molecule has 124 valence electrons. The molecule has 4 saturated carbocycles. The fraction of sp³-hybridized carbons (Fsp3) is 0.625. The SMILES string of the molecule is FC(F)(F)c1cnc(NN=C2C3CC4CC(C3)CC2C4)c(Cl)c1. The van der Waals surface area contributed by atoms with Crippen LogP contribution in [0.3, 0.4) is 0 Å². The van der Waals surface area contributed by atoms with Crippen molar-refractivity contribution in [2.24, 2.45) is 28.8 Å². The highest BCUT2D eigenvalue weighted by molar-refractivity contribution is 6.33. The topological polar surface area (TPSA) is 37.3 Å². The van der Waals surface area contributed by atoms with Crippen molar-refractivity contribution >= 4 is 23.1 Å². The van der Waals surface area contributed by atoms with E-state index in [1.807, 2.05) is 0 Å². The molecule has 7 heteroatoms. The molecule has 4 aliphatic carbocycles. The molecule has 0 spiro atoms. The first kappa shape index (κ1) is 15.2. The predicted octanol–water partition coefficient (Wildman–Crippen LogP) is 4.98. The van der Waals surface area contributed by atoms with Gasteiger partial charge in [-0.3, -0.25) is 5.43 Å². The van der Waals surface area contributed by atoms with Crippen LogP contribution in [-0.2, 0) is 6.18 Å². The van der Waals surface area contributed by atoms with Crippen molar-refractivity contribution in [2.45, 2.75) is 38.3 Å². The summed E-state index contributed by atoms with van der Waals surface area (Å²) in [7, 11) is 0. The molecule has 1 aromatic rings. The van der Waals surface area contributed by atoms with Gasteiger partial charge in [-0.25, -0.2) is 4.98 Å². The van der Waals surface area contributed by atoms with E-state index in [4.69, 9.17) is 11.6 Å². The number of hydrogen-bond acceptors (Lipinski definition) is 3. The number of hydrazone groups is 1. The molecule has 4 fully saturated rings. The van der Waals surface area contributed by atoms with Gasteiger partial charge >= 0.3 is 6.18 Å². The second-order valence-electron chi connectivity index (χ2n) is 7.01. The monoisotopic (exact) mass is 343 g/mol. The maximum absolute atomic E-state index is 12.6. The Morgan fingerprint density at radius 2 is 1.70 bits per heavy atom. The molecule has 1 heterocycles. The van der Waals surface area contributed by atoms with Crippen LogP contribution in [0.2, 0.25) is 5.02 Å². The molecule has 3 nitrogen and oxygen atoms in total. The van der Waals surface area contributed by atoms with Crippen molar-refractivity contribution in [1.82, 2.24) is 4.98 Å². The predicted molar refractivity (Wildman–Crippen MR) is 82.4 cm³/mol. The van der Waals surface area contributed by atoms with E-state index >= 15 is 0 Å². The molecule has 0 aliphatic heterocycles. The van der Waals surface area contributed by atoms with E-state index in [1.165, 1.54) is 32.1 Å². The zero-order valence-electron chi connectivity index (χ0n) is 12.4. The van der Waals surface area contributed by atoms with Crippen LogP contribution in [-0.4, -0.2) is 10.7 Å². The standard InChI is InChI=1S/C16H17ClF3N3/c17-13-6-12(16(18,19)20)7-21-15(13)23-22-14-10-2-8-1-9(4-10)5-11(14)3-8/h6-11H,1-5H2,(H,21,23). The summed E-state index contributed by atoms with van der Waals surface area (Å²) in [5, 5.41) is 4.42. The summed E-state index contributed by atoms with van der Waals surface area (Å²) in [6, 6.07) is 0.883. The third-order valence-corrected chi connectivity index (χ3v) is 5.72. The summed E-state index contributed by atoms with van der Waals surface area (Å²) in [5.74, 6) is 2.90. The van der Waals surface area contributed by atoms with E-state index in [0.717, 1.165) is 29.8 Å². The molecule has 23 heavy (non-hydrogen) atoms. The Labute approximate surface area is 137 Å². The number of nitrogens with one attached hydrogen (secondary N) is 1. The quantitative estimate of drug-likeness (QED) is 0.769. The lowest BCUT2D eigenvalue weighted by molar-refractivity contribution is -0.137. The van der Waals surface area contributed by atoms with Gasteiger partial charge in [0.25, 0.3) is 0 Å². The summed E-state index contributed by atoms with van der Waals surface area (Å²) >= 11 is 5.91. The maximum atomic E-state index is 12.6. The van der Waals surface area contributed by atoms with E-state index < -0.39 is 11.7 Å². The van der Waals surface area contributed by atoms with E-state index in [9.17, 15) is 13.2 Å². The Kier molecular flexibility index (Phi) is 3.55. The fourth-order valence-corrected chi connectivity index (χ4v) is 4.85. The van der Waals surface area contributed by atoms with E-state index in [2.05, 4.69) is 15.5 Å². The smallest absolute Gasteiger partial charge is 0.260 e. The summed E-state index contributed by atoms with van der Waals surface area (Å²) in [4.78, 5) is 3.78. The van der Waals surface area contributed by atoms with Gasteiger partial charge in [0.15, 0.2) is 5.82 Å².